The molecule has 5 nitrogen and oxygen atoms in total. The molecule has 0 N–H and O–H groups in total. The van der Waals surface area contributed by atoms with Crippen LogP contribution in [-0.4, -0.2) is 19.5 Å². The Morgan fingerprint density at radius 2 is 1.16 bits per heavy atom. The second kappa shape index (κ2) is 8.73. The third-order valence-corrected chi connectivity index (χ3v) is 8.78. The Balaban J connectivity index is 1.33. The molecule has 0 spiro atoms. The van der Waals surface area contributed by atoms with Crippen LogP contribution in [0.5, 0.6) is 0 Å². The van der Waals surface area contributed by atoms with Gasteiger partial charge in [0.05, 0.1) is 22.1 Å². The van der Waals surface area contributed by atoms with Crippen LogP contribution in [0.4, 0.5) is 0 Å². The van der Waals surface area contributed by atoms with Gasteiger partial charge in [0, 0.05) is 32.8 Å². The summed E-state index contributed by atoms with van der Waals surface area (Å²) in [6, 6.07) is 41.7. The van der Waals surface area contributed by atoms with E-state index in [4.69, 9.17) is 19.4 Å². The summed E-state index contributed by atoms with van der Waals surface area (Å²) in [6.45, 7) is 4.52. The number of rotatable bonds is 3. The highest BCUT2D eigenvalue weighted by Crippen LogP contribution is 2.50. The molecule has 43 heavy (non-hydrogen) atoms. The molecule has 3 aromatic heterocycles. The number of hydrogen-bond acceptors (Lipinski definition) is 4. The molecular weight excluding hydrogens is 528 g/mol. The number of para-hydroxylation sites is 2. The topological polar surface area (TPSA) is 56.7 Å². The van der Waals surface area contributed by atoms with Crippen molar-refractivity contribution < 1.29 is 4.42 Å². The smallest absolute Gasteiger partial charge is 0.164 e. The molecule has 5 heteroatoms. The van der Waals surface area contributed by atoms with Crippen molar-refractivity contribution in [1.29, 1.82) is 0 Å². The van der Waals surface area contributed by atoms with Gasteiger partial charge in [-0.05, 0) is 49.7 Å². The van der Waals surface area contributed by atoms with E-state index >= 15 is 0 Å². The van der Waals surface area contributed by atoms with Crippen molar-refractivity contribution in [3.8, 4) is 39.9 Å². The molecule has 4 heterocycles. The Morgan fingerprint density at radius 1 is 0.558 bits per heavy atom. The zero-order valence-electron chi connectivity index (χ0n) is 23.7. The maximum atomic E-state index is 6.57. The normalized spacial score (nSPS) is 13.5. The van der Waals surface area contributed by atoms with Crippen LogP contribution >= 0.6 is 0 Å². The third kappa shape index (κ3) is 3.42. The van der Waals surface area contributed by atoms with E-state index in [0.29, 0.717) is 17.5 Å². The predicted octanol–water partition coefficient (Wildman–Crippen LogP) is 9.36. The molecule has 8 aromatic rings. The van der Waals surface area contributed by atoms with Gasteiger partial charge in [0.2, 0.25) is 0 Å². The lowest BCUT2D eigenvalue weighted by molar-refractivity contribution is 0.448. The Labute approximate surface area is 248 Å². The van der Waals surface area contributed by atoms with E-state index in [-0.39, 0.29) is 5.41 Å². The zero-order valence-corrected chi connectivity index (χ0v) is 23.7. The van der Waals surface area contributed by atoms with Crippen molar-refractivity contribution in [2.45, 2.75) is 19.3 Å². The Morgan fingerprint density at radius 3 is 1.86 bits per heavy atom. The maximum Gasteiger partial charge on any atom is 0.164 e. The summed E-state index contributed by atoms with van der Waals surface area (Å²) in [6.07, 6.45) is 0. The van der Waals surface area contributed by atoms with E-state index in [1.54, 1.807) is 0 Å². The molecule has 1 aliphatic rings. The third-order valence-electron chi connectivity index (χ3n) is 8.78. The summed E-state index contributed by atoms with van der Waals surface area (Å²) in [5, 5.41) is 3.49. The van der Waals surface area contributed by atoms with E-state index < -0.39 is 0 Å². The van der Waals surface area contributed by atoms with Crippen LogP contribution in [0.3, 0.4) is 0 Å². The maximum absolute atomic E-state index is 6.57. The molecule has 0 amide bonds. The largest absolute Gasteiger partial charge is 0.458 e. The number of benzene rings is 5. The Kier molecular flexibility index (Phi) is 4.89. The van der Waals surface area contributed by atoms with Crippen LogP contribution in [0, 0.1) is 0 Å². The first-order valence-electron chi connectivity index (χ1n) is 14.6. The summed E-state index contributed by atoms with van der Waals surface area (Å²) in [7, 11) is 0. The minimum Gasteiger partial charge on any atom is -0.458 e. The second-order valence-electron chi connectivity index (χ2n) is 11.7. The predicted molar refractivity (Wildman–Crippen MR) is 172 cm³/mol. The lowest BCUT2D eigenvalue weighted by Crippen LogP contribution is -2.25. The fraction of sp³-hybridized carbons (Fsp3) is 0.0789. The van der Waals surface area contributed by atoms with Gasteiger partial charge < -0.3 is 8.98 Å². The van der Waals surface area contributed by atoms with Crippen LogP contribution < -0.4 is 0 Å². The highest BCUT2D eigenvalue weighted by molar-refractivity contribution is 6.13. The van der Waals surface area contributed by atoms with E-state index in [2.05, 4.69) is 73.0 Å². The summed E-state index contributed by atoms with van der Waals surface area (Å²) in [5.41, 5.74) is 8.23. The SMILES string of the molecule is CC1(C)c2oc3ccccc3c2-n2c3ccc(-c4nc(-c5ccccc5)nc(-c5ccccc5)n4)cc3c3cccc1c32. The van der Waals surface area contributed by atoms with Crippen molar-refractivity contribution in [2.24, 2.45) is 0 Å². The molecule has 0 fully saturated rings. The fourth-order valence-corrected chi connectivity index (χ4v) is 6.68. The minimum atomic E-state index is -0.287. The van der Waals surface area contributed by atoms with Gasteiger partial charge in [-0.25, -0.2) is 15.0 Å². The molecule has 0 bridgehead atoms. The number of furan rings is 1. The van der Waals surface area contributed by atoms with E-state index in [1.165, 1.54) is 16.5 Å². The van der Waals surface area contributed by atoms with Gasteiger partial charge in [0.25, 0.3) is 0 Å². The molecule has 5 aromatic carbocycles. The first-order valence-corrected chi connectivity index (χ1v) is 14.6. The number of fused-ring (bicyclic) bond motifs is 7. The number of nitrogens with zero attached hydrogens (tertiary/aromatic N) is 4. The van der Waals surface area contributed by atoms with Crippen molar-refractivity contribution >= 4 is 32.8 Å². The molecule has 9 rings (SSSR count). The van der Waals surface area contributed by atoms with Gasteiger partial charge in [-0.2, -0.15) is 0 Å². The average molecular weight is 555 g/mol. The van der Waals surface area contributed by atoms with Crippen LogP contribution in [0.1, 0.15) is 25.2 Å². The van der Waals surface area contributed by atoms with Crippen LogP contribution in [0.2, 0.25) is 0 Å². The average Bonchev–Trinajstić information content (AvgIpc) is 3.61. The lowest BCUT2D eigenvalue weighted by Gasteiger charge is -2.30. The van der Waals surface area contributed by atoms with Crippen molar-refractivity contribution in [3.63, 3.8) is 0 Å². The second-order valence-corrected chi connectivity index (χ2v) is 11.7. The quantitative estimate of drug-likeness (QED) is 0.218. The zero-order chi connectivity index (χ0) is 28.7. The Hall–Kier alpha value is -5.55. The fourth-order valence-electron chi connectivity index (χ4n) is 6.68. The first-order chi connectivity index (χ1) is 21.1. The van der Waals surface area contributed by atoms with Crippen molar-refractivity contribution in [3.05, 3.63) is 133 Å². The van der Waals surface area contributed by atoms with Gasteiger partial charge in [-0.15, -0.1) is 0 Å². The molecule has 0 radical (unpaired) electrons. The van der Waals surface area contributed by atoms with Gasteiger partial charge in [-0.1, -0.05) is 91.0 Å². The highest BCUT2D eigenvalue weighted by atomic mass is 16.3. The highest BCUT2D eigenvalue weighted by Gasteiger charge is 2.39. The van der Waals surface area contributed by atoms with Crippen LogP contribution in [0.25, 0.3) is 72.6 Å². The molecule has 0 aliphatic carbocycles. The van der Waals surface area contributed by atoms with E-state index in [0.717, 1.165) is 50.0 Å². The summed E-state index contributed by atoms with van der Waals surface area (Å²) in [5.74, 6) is 2.95. The van der Waals surface area contributed by atoms with Crippen molar-refractivity contribution in [1.82, 2.24) is 19.5 Å². The molecule has 204 valence electrons. The van der Waals surface area contributed by atoms with Gasteiger partial charge in [0.1, 0.15) is 11.3 Å². The van der Waals surface area contributed by atoms with Crippen LogP contribution in [0.15, 0.2) is 126 Å². The number of aromatic nitrogens is 4. The standard InChI is InChI=1S/C38H26N4O/c1-38(2)29-18-11-17-26-28-22-25(20-21-30(28)42(32(26)29)33-27-16-9-10-19-31(27)43-34(33)38)37-40-35(23-12-5-3-6-13-23)39-36(41-37)24-14-7-4-8-15-24/h3-22H,1-2H3. The molecule has 0 atom stereocenters. The monoisotopic (exact) mass is 554 g/mol. The molecule has 0 saturated heterocycles. The summed E-state index contributed by atoms with van der Waals surface area (Å²) >= 11 is 0. The molecule has 1 aliphatic heterocycles. The van der Waals surface area contributed by atoms with E-state index in [9.17, 15) is 0 Å². The molecule has 0 unspecified atom stereocenters. The molecule has 0 saturated carbocycles. The summed E-state index contributed by atoms with van der Waals surface area (Å²) < 4.78 is 8.96. The number of hydrogen-bond donors (Lipinski definition) is 0. The first kappa shape index (κ1) is 24.1. The Bertz CT molecular complexity index is 2310. The van der Waals surface area contributed by atoms with Crippen LogP contribution in [-0.2, 0) is 5.41 Å². The van der Waals surface area contributed by atoms with Gasteiger partial charge in [-0.3, -0.25) is 0 Å². The van der Waals surface area contributed by atoms with Gasteiger partial charge >= 0.3 is 0 Å². The van der Waals surface area contributed by atoms with Gasteiger partial charge in [0.15, 0.2) is 17.5 Å². The lowest BCUT2D eigenvalue weighted by atomic mass is 9.78. The molecular formula is C38H26N4O. The minimum absolute atomic E-state index is 0.287. The summed E-state index contributed by atoms with van der Waals surface area (Å²) in [4.78, 5) is 14.9. The van der Waals surface area contributed by atoms with E-state index in [1.807, 2.05) is 66.7 Å². The van der Waals surface area contributed by atoms with Crippen molar-refractivity contribution in [2.75, 3.05) is 0 Å².